The first-order valence-electron chi connectivity index (χ1n) is 4.81. The van der Waals surface area contributed by atoms with E-state index in [-0.39, 0.29) is 10.5 Å². The lowest BCUT2D eigenvalue weighted by molar-refractivity contribution is 0.583. The Morgan fingerprint density at radius 3 is 3.06 bits per heavy atom. The van der Waals surface area contributed by atoms with Gasteiger partial charge in [-0.3, -0.25) is 10.8 Å². The summed E-state index contributed by atoms with van der Waals surface area (Å²) in [7, 11) is 0. The first-order chi connectivity index (χ1) is 8.60. The van der Waals surface area contributed by atoms with Crippen LogP contribution >= 0.6 is 12.2 Å². The van der Waals surface area contributed by atoms with Crippen molar-refractivity contribution in [3.8, 4) is 6.07 Å². The maximum absolute atomic E-state index is 8.67. The lowest BCUT2D eigenvalue weighted by Gasteiger charge is -2.00. The minimum Gasteiger partial charge on any atom is -0.429 e. The van der Waals surface area contributed by atoms with Crippen molar-refractivity contribution < 1.29 is 4.42 Å². The van der Waals surface area contributed by atoms with Crippen LogP contribution in [0.1, 0.15) is 0 Å². The van der Waals surface area contributed by atoms with E-state index in [4.69, 9.17) is 33.0 Å². The first kappa shape index (κ1) is 11.8. The largest absolute Gasteiger partial charge is 0.429 e. The summed E-state index contributed by atoms with van der Waals surface area (Å²) in [5.74, 6) is -0.398. The van der Waals surface area contributed by atoms with E-state index < -0.39 is 5.84 Å². The Labute approximate surface area is 106 Å². The van der Waals surface area contributed by atoms with Gasteiger partial charge in [0, 0.05) is 6.07 Å². The van der Waals surface area contributed by atoms with Gasteiger partial charge in [0.15, 0.2) is 11.4 Å². The van der Waals surface area contributed by atoms with Crippen LogP contribution in [0.25, 0.3) is 11.1 Å². The molecule has 1 aromatic carbocycles. The number of hydrogen-bond acceptors (Lipinski definition) is 6. The van der Waals surface area contributed by atoms with Gasteiger partial charge in [-0.15, -0.1) is 0 Å². The number of oxazole rings is 1. The molecule has 5 N–H and O–H groups in total. The van der Waals surface area contributed by atoms with Crippen LogP contribution in [0, 0.1) is 21.6 Å². The fraction of sp³-hybridized carbons (Fsp3) is 0. The van der Waals surface area contributed by atoms with Crippen molar-refractivity contribution in [1.29, 1.82) is 10.7 Å². The van der Waals surface area contributed by atoms with E-state index in [1.54, 1.807) is 24.3 Å². The maximum atomic E-state index is 8.67. The lowest BCUT2D eigenvalue weighted by atomic mass is 10.3. The van der Waals surface area contributed by atoms with E-state index in [1.807, 2.05) is 0 Å². The summed E-state index contributed by atoms with van der Waals surface area (Å²) in [4.78, 5) is 3.14. The van der Waals surface area contributed by atoms with E-state index in [0.29, 0.717) is 11.3 Å². The fourth-order valence-corrected chi connectivity index (χ4v) is 1.48. The van der Waals surface area contributed by atoms with Gasteiger partial charge in [0.25, 0.3) is 4.84 Å². The molecule has 0 fully saturated rings. The molecule has 0 saturated heterocycles. The molecule has 0 aliphatic rings. The summed E-state index contributed by atoms with van der Waals surface area (Å²) in [6.45, 7) is 0. The molecule has 0 atom stereocenters. The smallest absolute Gasteiger partial charge is 0.266 e. The molecule has 0 aliphatic heterocycles. The summed E-state index contributed by atoms with van der Waals surface area (Å²) < 4.78 is 5.23. The number of nitriles is 1. The number of H-pyrrole nitrogens is 1. The highest BCUT2D eigenvalue weighted by Gasteiger charge is 2.03. The highest BCUT2D eigenvalue weighted by atomic mass is 32.1. The molecular weight excluding hydrogens is 252 g/mol. The molecule has 0 bridgehead atoms. The van der Waals surface area contributed by atoms with Gasteiger partial charge in [0.1, 0.15) is 6.07 Å². The molecule has 0 radical (unpaired) electrons. The molecule has 2 aromatic rings. The van der Waals surface area contributed by atoms with Crippen LogP contribution < -0.4 is 11.2 Å². The van der Waals surface area contributed by atoms with Gasteiger partial charge in [0.05, 0.1) is 11.2 Å². The Morgan fingerprint density at radius 1 is 1.61 bits per heavy atom. The summed E-state index contributed by atoms with van der Waals surface area (Å²) in [5, 5.41) is 19.5. The van der Waals surface area contributed by atoms with Crippen LogP contribution in [-0.4, -0.2) is 16.5 Å². The molecule has 1 aromatic heterocycles. The Morgan fingerprint density at radius 2 is 2.39 bits per heavy atom. The lowest BCUT2D eigenvalue weighted by Crippen LogP contribution is -2.21. The predicted octanol–water partition coefficient (Wildman–Crippen LogP) is 1.72. The standard InChI is InChI=1S/C10H8N6OS/c11-4-7(9(12)13)16-15-5-1-2-6-8(3-5)17-10(18)14-6/h1-3,15H,(H3,12,13)(H,14,18)/b16-7+. The molecule has 2 rings (SSSR count). The first-order valence-corrected chi connectivity index (χ1v) is 5.22. The van der Waals surface area contributed by atoms with Crippen molar-refractivity contribution in [3.63, 3.8) is 0 Å². The third-order valence-electron chi connectivity index (χ3n) is 2.08. The second kappa shape index (κ2) is 4.68. The number of anilines is 1. The Hall–Kier alpha value is -2.66. The van der Waals surface area contributed by atoms with Crippen molar-refractivity contribution in [3.05, 3.63) is 23.0 Å². The molecule has 0 saturated carbocycles. The minimum atomic E-state index is -0.398. The molecule has 0 spiro atoms. The van der Waals surface area contributed by atoms with E-state index in [0.717, 1.165) is 5.52 Å². The van der Waals surface area contributed by atoms with Gasteiger partial charge >= 0.3 is 0 Å². The van der Waals surface area contributed by atoms with Crippen molar-refractivity contribution in [2.24, 2.45) is 10.8 Å². The third-order valence-corrected chi connectivity index (χ3v) is 2.26. The van der Waals surface area contributed by atoms with E-state index in [1.165, 1.54) is 0 Å². The number of nitrogens with zero attached hydrogens (tertiary/aromatic N) is 2. The summed E-state index contributed by atoms with van der Waals surface area (Å²) in [6, 6.07) is 6.85. The molecule has 1 heterocycles. The average Bonchev–Trinajstić information content (AvgIpc) is 2.68. The zero-order valence-electron chi connectivity index (χ0n) is 9.02. The van der Waals surface area contributed by atoms with Crippen LogP contribution in [0.5, 0.6) is 0 Å². The number of hydrazone groups is 1. The number of nitrogens with one attached hydrogen (secondary N) is 3. The normalized spacial score (nSPS) is 11.2. The summed E-state index contributed by atoms with van der Waals surface area (Å²) >= 11 is 4.86. The molecule has 90 valence electrons. The third kappa shape index (κ3) is 2.36. The Bertz CT molecular complexity index is 735. The average molecular weight is 260 g/mol. The van der Waals surface area contributed by atoms with E-state index in [2.05, 4.69) is 15.5 Å². The van der Waals surface area contributed by atoms with Gasteiger partial charge in [0.2, 0.25) is 5.71 Å². The molecule has 0 unspecified atom stereocenters. The number of fused-ring (bicyclic) bond motifs is 1. The number of aromatic nitrogens is 1. The van der Waals surface area contributed by atoms with Crippen LogP contribution in [0.4, 0.5) is 5.69 Å². The molecular formula is C10H8N6OS. The fourth-order valence-electron chi connectivity index (χ4n) is 1.28. The molecule has 18 heavy (non-hydrogen) atoms. The van der Waals surface area contributed by atoms with Gasteiger partial charge in [-0.25, -0.2) is 0 Å². The Balaban J connectivity index is 2.30. The van der Waals surface area contributed by atoms with Gasteiger partial charge < -0.3 is 15.1 Å². The topological polar surface area (TPSA) is 127 Å². The van der Waals surface area contributed by atoms with E-state index in [9.17, 15) is 0 Å². The number of amidine groups is 1. The number of rotatable bonds is 3. The second-order valence-corrected chi connectivity index (χ2v) is 3.69. The number of hydrogen-bond donors (Lipinski definition) is 4. The monoisotopic (exact) mass is 260 g/mol. The van der Waals surface area contributed by atoms with Crippen LogP contribution in [-0.2, 0) is 0 Å². The molecule has 8 heteroatoms. The molecule has 7 nitrogen and oxygen atoms in total. The zero-order valence-corrected chi connectivity index (χ0v) is 9.84. The number of benzene rings is 1. The maximum Gasteiger partial charge on any atom is 0.266 e. The summed E-state index contributed by atoms with van der Waals surface area (Å²) in [6.07, 6.45) is 0. The number of aromatic amines is 1. The van der Waals surface area contributed by atoms with Crippen LogP contribution in [0.2, 0.25) is 0 Å². The van der Waals surface area contributed by atoms with Crippen LogP contribution in [0.3, 0.4) is 0 Å². The second-order valence-electron chi connectivity index (χ2n) is 3.32. The van der Waals surface area contributed by atoms with Gasteiger partial charge in [-0.1, -0.05) is 0 Å². The molecule has 0 amide bonds. The SMILES string of the molecule is N#C/C(=N\Nc1ccc2[nH]c(=S)oc2c1)C(=N)N. The van der Waals surface area contributed by atoms with E-state index >= 15 is 0 Å². The van der Waals surface area contributed by atoms with Gasteiger partial charge in [-0.2, -0.15) is 10.4 Å². The minimum absolute atomic E-state index is 0.190. The van der Waals surface area contributed by atoms with Crippen molar-refractivity contribution >= 4 is 40.6 Å². The zero-order chi connectivity index (χ0) is 13.1. The van der Waals surface area contributed by atoms with Gasteiger partial charge in [-0.05, 0) is 24.4 Å². The number of nitrogens with two attached hydrogens (primary N) is 1. The van der Waals surface area contributed by atoms with Crippen LogP contribution in [0.15, 0.2) is 27.7 Å². The Kier molecular flexibility index (Phi) is 3.07. The quantitative estimate of drug-likeness (QED) is 0.289. The molecule has 0 aliphatic carbocycles. The predicted molar refractivity (Wildman–Crippen MR) is 70.0 cm³/mol. The van der Waals surface area contributed by atoms with Crippen molar-refractivity contribution in [2.75, 3.05) is 5.43 Å². The summed E-state index contributed by atoms with van der Waals surface area (Å²) in [5.41, 5.74) is 9.51. The van der Waals surface area contributed by atoms with Crippen molar-refractivity contribution in [2.45, 2.75) is 0 Å². The van der Waals surface area contributed by atoms with Crippen molar-refractivity contribution in [1.82, 2.24) is 4.98 Å². The highest BCUT2D eigenvalue weighted by molar-refractivity contribution is 7.71. The highest BCUT2D eigenvalue weighted by Crippen LogP contribution is 2.18.